The number of pyridine rings is 2. The van der Waals surface area contributed by atoms with Crippen LogP contribution in [0.3, 0.4) is 0 Å². The molecule has 0 bridgehead atoms. The number of rotatable bonds is 3. The second-order valence-corrected chi connectivity index (χ2v) is 4.50. The summed E-state index contributed by atoms with van der Waals surface area (Å²) in [6.45, 7) is 0. The van der Waals surface area contributed by atoms with E-state index in [-0.39, 0.29) is 0 Å². The molecule has 2 heterocycles. The SMILES string of the molecule is O=C(Nc1ccc(-c2cccnc2)nc1)Oc1ccccc1. The quantitative estimate of drug-likeness (QED) is 0.798. The van der Waals surface area contributed by atoms with E-state index in [9.17, 15) is 4.79 Å². The van der Waals surface area contributed by atoms with E-state index in [1.54, 1.807) is 48.9 Å². The minimum absolute atomic E-state index is 0.486. The number of nitrogens with one attached hydrogen (secondary N) is 1. The Bertz CT molecular complexity index is 744. The van der Waals surface area contributed by atoms with Crippen molar-refractivity contribution in [3.63, 3.8) is 0 Å². The molecule has 3 aromatic rings. The number of amides is 1. The van der Waals surface area contributed by atoms with Gasteiger partial charge in [0.1, 0.15) is 5.75 Å². The van der Waals surface area contributed by atoms with Gasteiger partial charge in [-0.1, -0.05) is 18.2 Å². The molecule has 0 saturated heterocycles. The van der Waals surface area contributed by atoms with E-state index < -0.39 is 6.09 Å². The fraction of sp³-hybridized carbons (Fsp3) is 0. The lowest BCUT2D eigenvalue weighted by molar-refractivity contribution is 0.215. The molecular formula is C17H13N3O2. The third-order valence-electron chi connectivity index (χ3n) is 2.92. The summed E-state index contributed by atoms with van der Waals surface area (Å²) in [5, 5.41) is 2.63. The van der Waals surface area contributed by atoms with E-state index in [0.29, 0.717) is 11.4 Å². The number of nitrogens with zero attached hydrogens (tertiary/aromatic N) is 2. The van der Waals surface area contributed by atoms with E-state index >= 15 is 0 Å². The highest BCUT2D eigenvalue weighted by atomic mass is 16.6. The van der Waals surface area contributed by atoms with Gasteiger partial charge in [-0.05, 0) is 36.4 Å². The van der Waals surface area contributed by atoms with Gasteiger partial charge in [0.15, 0.2) is 0 Å². The van der Waals surface area contributed by atoms with Crippen LogP contribution in [0.25, 0.3) is 11.3 Å². The van der Waals surface area contributed by atoms with Gasteiger partial charge in [-0.15, -0.1) is 0 Å². The first-order chi connectivity index (χ1) is 10.8. The first-order valence-electron chi connectivity index (χ1n) is 6.71. The predicted octanol–water partition coefficient (Wildman–Crippen LogP) is 3.75. The Balaban J connectivity index is 1.65. The highest BCUT2D eigenvalue weighted by Crippen LogP contribution is 2.17. The monoisotopic (exact) mass is 291 g/mol. The smallest absolute Gasteiger partial charge is 0.410 e. The number of hydrogen-bond acceptors (Lipinski definition) is 4. The normalized spacial score (nSPS) is 10.0. The predicted molar refractivity (Wildman–Crippen MR) is 83.6 cm³/mol. The van der Waals surface area contributed by atoms with Crippen LogP contribution in [0.1, 0.15) is 0 Å². The molecule has 0 aliphatic carbocycles. The first kappa shape index (κ1) is 13.8. The van der Waals surface area contributed by atoms with E-state index in [2.05, 4.69) is 15.3 Å². The molecule has 0 saturated carbocycles. The van der Waals surface area contributed by atoms with Gasteiger partial charge in [0.25, 0.3) is 0 Å². The number of benzene rings is 1. The number of carbonyl (C=O) groups is 1. The van der Waals surface area contributed by atoms with Crippen molar-refractivity contribution in [2.75, 3.05) is 5.32 Å². The molecule has 3 rings (SSSR count). The van der Waals surface area contributed by atoms with Gasteiger partial charge in [-0.3, -0.25) is 15.3 Å². The molecule has 0 aliphatic heterocycles. The molecule has 0 unspecified atom stereocenters. The van der Waals surface area contributed by atoms with Crippen molar-refractivity contribution in [2.45, 2.75) is 0 Å². The number of ether oxygens (including phenoxy) is 1. The fourth-order valence-corrected chi connectivity index (χ4v) is 1.89. The van der Waals surface area contributed by atoms with E-state index in [4.69, 9.17) is 4.74 Å². The minimum Gasteiger partial charge on any atom is -0.410 e. The first-order valence-corrected chi connectivity index (χ1v) is 6.71. The third-order valence-corrected chi connectivity index (χ3v) is 2.92. The van der Waals surface area contributed by atoms with Gasteiger partial charge in [0.05, 0.1) is 17.6 Å². The van der Waals surface area contributed by atoms with Crippen molar-refractivity contribution in [3.8, 4) is 17.0 Å². The highest BCUT2D eigenvalue weighted by molar-refractivity contribution is 5.86. The van der Waals surface area contributed by atoms with Crippen LogP contribution in [0.2, 0.25) is 0 Å². The van der Waals surface area contributed by atoms with Crippen LogP contribution in [0.4, 0.5) is 10.5 Å². The van der Waals surface area contributed by atoms with Gasteiger partial charge < -0.3 is 4.74 Å². The summed E-state index contributed by atoms with van der Waals surface area (Å²) < 4.78 is 5.15. The Kier molecular flexibility index (Phi) is 4.06. The van der Waals surface area contributed by atoms with E-state index in [1.165, 1.54) is 0 Å². The molecule has 0 aliphatic rings. The molecule has 108 valence electrons. The number of carbonyl (C=O) groups excluding carboxylic acids is 1. The van der Waals surface area contributed by atoms with Gasteiger partial charge in [-0.2, -0.15) is 0 Å². The van der Waals surface area contributed by atoms with Gasteiger partial charge >= 0.3 is 6.09 Å². The third kappa shape index (κ3) is 3.46. The molecule has 2 aromatic heterocycles. The van der Waals surface area contributed by atoms with Crippen LogP contribution in [0.15, 0.2) is 73.2 Å². The maximum atomic E-state index is 11.8. The van der Waals surface area contributed by atoms with Gasteiger partial charge in [0.2, 0.25) is 0 Å². The van der Waals surface area contributed by atoms with Crippen molar-refractivity contribution in [3.05, 3.63) is 73.2 Å². The van der Waals surface area contributed by atoms with Crippen LogP contribution in [0.5, 0.6) is 5.75 Å². The van der Waals surface area contributed by atoms with Crippen molar-refractivity contribution >= 4 is 11.8 Å². The maximum Gasteiger partial charge on any atom is 0.417 e. The van der Waals surface area contributed by atoms with Crippen LogP contribution < -0.4 is 10.1 Å². The summed E-state index contributed by atoms with van der Waals surface area (Å²) in [4.78, 5) is 20.1. The Morgan fingerprint density at radius 2 is 1.82 bits per heavy atom. The van der Waals surface area contributed by atoms with E-state index in [1.807, 2.05) is 24.3 Å². The Labute approximate surface area is 127 Å². The summed E-state index contributed by atoms with van der Waals surface area (Å²) in [5.74, 6) is 0.486. The minimum atomic E-state index is -0.554. The summed E-state index contributed by atoms with van der Waals surface area (Å²) in [5.41, 5.74) is 2.27. The zero-order chi connectivity index (χ0) is 15.2. The fourth-order valence-electron chi connectivity index (χ4n) is 1.89. The summed E-state index contributed by atoms with van der Waals surface area (Å²) >= 11 is 0. The van der Waals surface area contributed by atoms with Gasteiger partial charge in [0, 0.05) is 18.0 Å². The van der Waals surface area contributed by atoms with Gasteiger partial charge in [-0.25, -0.2) is 4.79 Å². The number of para-hydroxylation sites is 1. The molecule has 22 heavy (non-hydrogen) atoms. The van der Waals surface area contributed by atoms with Crippen LogP contribution in [-0.2, 0) is 0 Å². The zero-order valence-corrected chi connectivity index (χ0v) is 11.6. The number of hydrogen-bond donors (Lipinski definition) is 1. The Morgan fingerprint density at radius 3 is 2.50 bits per heavy atom. The van der Waals surface area contributed by atoms with Crippen LogP contribution >= 0.6 is 0 Å². The summed E-state index contributed by atoms with van der Waals surface area (Å²) in [6, 6.07) is 16.2. The molecule has 0 radical (unpaired) electrons. The molecule has 1 amide bonds. The molecule has 5 heteroatoms. The molecule has 0 spiro atoms. The van der Waals surface area contributed by atoms with E-state index in [0.717, 1.165) is 11.3 Å². The van der Waals surface area contributed by atoms with Crippen molar-refractivity contribution in [1.29, 1.82) is 0 Å². The zero-order valence-electron chi connectivity index (χ0n) is 11.6. The Hall–Kier alpha value is -3.21. The second-order valence-electron chi connectivity index (χ2n) is 4.50. The largest absolute Gasteiger partial charge is 0.417 e. The number of anilines is 1. The standard InChI is InChI=1S/C17H13N3O2/c21-17(22-15-6-2-1-3-7-15)20-14-8-9-16(19-12-14)13-5-4-10-18-11-13/h1-12H,(H,20,21). The average Bonchev–Trinajstić information content (AvgIpc) is 2.57. The number of aromatic nitrogens is 2. The molecule has 0 atom stereocenters. The average molecular weight is 291 g/mol. The molecule has 0 fully saturated rings. The van der Waals surface area contributed by atoms with Crippen LogP contribution in [0, 0.1) is 0 Å². The van der Waals surface area contributed by atoms with Crippen molar-refractivity contribution in [2.24, 2.45) is 0 Å². The maximum absolute atomic E-state index is 11.8. The molecular weight excluding hydrogens is 278 g/mol. The molecule has 5 nitrogen and oxygen atoms in total. The summed E-state index contributed by atoms with van der Waals surface area (Å²) in [6.07, 6.45) is 4.47. The van der Waals surface area contributed by atoms with Crippen molar-refractivity contribution in [1.82, 2.24) is 9.97 Å². The Morgan fingerprint density at radius 1 is 0.955 bits per heavy atom. The van der Waals surface area contributed by atoms with Crippen LogP contribution in [-0.4, -0.2) is 16.1 Å². The highest BCUT2D eigenvalue weighted by Gasteiger charge is 2.05. The molecule has 1 N–H and O–H groups in total. The van der Waals surface area contributed by atoms with Crippen molar-refractivity contribution < 1.29 is 9.53 Å². The second kappa shape index (κ2) is 6.49. The summed E-state index contributed by atoms with van der Waals surface area (Å²) in [7, 11) is 0. The lowest BCUT2D eigenvalue weighted by atomic mass is 10.2. The lowest BCUT2D eigenvalue weighted by Crippen LogP contribution is -2.16. The topological polar surface area (TPSA) is 64.1 Å². The lowest BCUT2D eigenvalue weighted by Gasteiger charge is -2.07. The molecule has 1 aromatic carbocycles.